The highest BCUT2D eigenvalue weighted by atomic mass is 19.1. The summed E-state index contributed by atoms with van der Waals surface area (Å²) in [7, 11) is 1.46. The van der Waals surface area contributed by atoms with Gasteiger partial charge >= 0.3 is 0 Å². The molecule has 5 nitrogen and oxygen atoms in total. The molecular weight excluding hydrogens is 275 g/mol. The van der Waals surface area contributed by atoms with E-state index in [2.05, 4.69) is 5.32 Å². The maximum absolute atomic E-state index is 13.2. The second-order valence-corrected chi connectivity index (χ2v) is 4.35. The van der Waals surface area contributed by atoms with Crippen molar-refractivity contribution >= 4 is 11.6 Å². The number of halogens is 1. The minimum absolute atomic E-state index is 0.153. The predicted molar refractivity (Wildman–Crippen MR) is 76.9 cm³/mol. The van der Waals surface area contributed by atoms with Crippen LogP contribution in [0.5, 0.6) is 11.5 Å². The Morgan fingerprint density at radius 1 is 1.33 bits per heavy atom. The smallest absolute Gasteiger partial charge is 0.259 e. The zero-order valence-corrected chi connectivity index (χ0v) is 11.4. The number of amides is 1. The number of nitrogens with two attached hydrogens (primary N) is 1. The maximum Gasteiger partial charge on any atom is 0.259 e. The van der Waals surface area contributed by atoms with Gasteiger partial charge in [0.1, 0.15) is 17.3 Å². The summed E-state index contributed by atoms with van der Waals surface area (Å²) in [6, 6.07) is 8.23. The van der Waals surface area contributed by atoms with Crippen molar-refractivity contribution < 1.29 is 19.0 Å². The summed E-state index contributed by atoms with van der Waals surface area (Å²) in [5.41, 5.74) is 6.63. The highest BCUT2D eigenvalue weighted by molar-refractivity contribution is 6.06. The third-order valence-electron chi connectivity index (χ3n) is 2.95. The summed E-state index contributed by atoms with van der Waals surface area (Å²) in [6.07, 6.45) is 0. The fraction of sp³-hybridized carbons (Fsp3) is 0.133. The fourth-order valence-electron chi connectivity index (χ4n) is 1.85. The number of phenolic OH excluding ortho intramolecular Hbond substituents is 1. The number of hydrogen-bond acceptors (Lipinski definition) is 4. The molecule has 0 aliphatic carbocycles. The van der Waals surface area contributed by atoms with Crippen LogP contribution < -0.4 is 15.8 Å². The molecule has 21 heavy (non-hydrogen) atoms. The van der Waals surface area contributed by atoms with Gasteiger partial charge in [-0.05, 0) is 35.9 Å². The topological polar surface area (TPSA) is 84.6 Å². The fourth-order valence-corrected chi connectivity index (χ4v) is 1.85. The number of benzene rings is 2. The molecule has 0 saturated carbocycles. The summed E-state index contributed by atoms with van der Waals surface area (Å²) < 4.78 is 18.3. The molecule has 0 aromatic heterocycles. The van der Waals surface area contributed by atoms with Crippen LogP contribution in [0.1, 0.15) is 15.9 Å². The first-order valence-electron chi connectivity index (χ1n) is 6.22. The average Bonchev–Trinajstić information content (AvgIpc) is 2.49. The Hall–Kier alpha value is -2.60. The molecule has 0 bridgehead atoms. The molecular formula is C15H15FN2O3. The van der Waals surface area contributed by atoms with E-state index in [1.807, 2.05) is 0 Å². The zero-order chi connectivity index (χ0) is 15.4. The number of anilines is 1. The Balaban J connectivity index is 2.29. The number of hydrogen-bond donors (Lipinski definition) is 3. The van der Waals surface area contributed by atoms with Gasteiger partial charge in [-0.2, -0.15) is 0 Å². The first-order valence-corrected chi connectivity index (χ1v) is 6.22. The molecule has 0 atom stereocenters. The van der Waals surface area contributed by atoms with Crippen LogP contribution in [0.15, 0.2) is 36.4 Å². The van der Waals surface area contributed by atoms with E-state index in [0.29, 0.717) is 18.0 Å². The van der Waals surface area contributed by atoms with Crippen LogP contribution in [-0.4, -0.2) is 18.1 Å². The number of nitrogens with one attached hydrogen (secondary N) is 1. The molecule has 0 radical (unpaired) electrons. The molecule has 0 aliphatic rings. The number of aromatic hydroxyl groups is 1. The lowest BCUT2D eigenvalue weighted by atomic mass is 10.1. The van der Waals surface area contributed by atoms with Crippen LogP contribution in [0.4, 0.5) is 10.1 Å². The Labute approximate surface area is 121 Å². The molecule has 2 aromatic rings. The summed E-state index contributed by atoms with van der Waals surface area (Å²) in [6.45, 7) is 0.343. The number of methoxy groups -OCH3 is 1. The van der Waals surface area contributed by atoms with Crippen LogP contribution in [0, 0.1) is 5.82 Å². The van der Waals surface area contributed by atoms with E-state index >= 15 is 0 Å². The monoisotopic (exact) mass is 290 g/mol. The van der Waals surface area contributed by atoms with Crippen LogP contribution in [0.2, 0.25) is 0 Å². The second-order valence-electron chi connectivity index (χ2n) is 4.35. The van der Waals surface area contributed by atoms with E-state index in [-0.39, 0.29) is 11.3 Å². The number of carbonyl (C=O) groups excluding carboxylic acids is 1. The van der Waals surface area contributed by atoms with Crippen LogP contribution in [0.25, 0.3) is 0 Å². The average molecular weight is 290 g/mol. The normalized spacial score (nSPS) is 10.2. The van der Waals surface area contributed by atoms with Gasteiger partial charge in [0, 0.05) is 6.54 Å². The van der Waals surface area contributed by atoms with Crippen molar-refractivity contribution in [2.24, 2.45) is 5.73 Å². The number of ether oxygens (including phenoxy) is 1. The summed E-state index contributed by atoms with van der Waals surface area (Å²) in [5.74, 6) is -1.11. The van der Waals surface area contributed by atoms with Gasteiger partial charge < -0.3 is 20.9 Å². The lowest BCUT2D eigenvalue weighted by Crippen LogP contribution is -2.13. The van der Waals surface area contributed by atoms with Crippen molar-refractivity contribution in [1.82, 2.24) is 0 Å². The number of rotatable bonds is 4. The van der Waals surface area contributed by atoms with Gasteiger partial charge in [-0.3, -0.25) is 4.79 Å². The van der Waals surface area contributed by atoms with E-state index in [9.17, 15) is 14.3 Å². The summed E-state index contributed by atoms with van der Waals surface area (Å²) in [4.78, 5) is 12.1. The molecule has 110 valence electrons. The first kappa shape index (κ1) is 14.8. The maximum atomic E-state index is 13.2. The van der Waals surface area contributed by atoms with E-state index in [1.54, 1.807) is 18.2 Å². The van der Waals surface area contributed by atoms with Gasteiger partial charge in [0.2, 0.25) is 0 Å². The van der Waals surface area contributed by atoms with Gasteiger partial charge in [-0.25, -0.2) is 4.39 Å². The van der Waals surface area contributed by atoms with E-state index in [0.717, 1.165) is 23.8 Å². The molecule has 1 amide bonds. The van der Waals surface area contributed by atoms with Crippen molar-refractivity contribution in [3.8, 4) is 11.5 Å². The second kappa shape index (κ2) is 6.23. The lowest BCUT2D eigenvalue weighted by molar-refractivity contribution is 0.102. The molecule has 4 N–H and O–H groups in total. The van der Waals surface area contributed by atoms with E-state index in [4.69, 9.17) is 10.5 Å². The van der Waals surface area contributed by atoms with Gasteiger partial charge in [0.25, 0.3) is 5.91 Å². The van der Waals surface area contributed by atoms with E-state index in [1.165, 1.54) is 7.11 Å². The Bertz CT molecular complexity index is 674. The summed E-state index contributed by atoms with van der Waals surface area (Å²) in [5, 5.41) is 12.2. The molecule has 0 saturated heterocycles. The van der Waals surface area contributed by atoms with Crippen molar-refractivity contribution in [2.45, 2.75) is 6.54 Å². The zero-order valence-electron chi connectivity index (χ0n) is 11.4. The predicted octanol–water partition coefficient (Wildman–Crippen LogP) is 2.25. The Morgan fingerprint density at radius 3 is 2.76 bits per heavy atom. The van der Waals surface area contributed by atoms with Gasteiger partial charge in [-0.1, -0.05) is 6.07 Å². The molecule has 0 heterocycles. The molecule has 0 unspecified atom stereocenters. The third-order valence-corrected chi connectivity index (χ3v) is 2.95. The molecule has 2 rings (SSSR count). The number of carbonyl (C=O) groups is 1. The highest BCUT2D eigenvalue weighted by Crippen LogP contribution is 2.27. The van der Waals surface area contributed by atoms with Crippen LogP contribution in [-0.2, 0) is 6.54 Å². The van der Waals surface area contributed by atoms with Crippen molar-refractivity contribution in [3.05, 3.63) is 53.3 Å². The van der Waals surface area contributed by atoms with Gasteiger partial charge in [-0.15, -0.1) is 0 Å². The summed E-state index contributed by atoms with van der Waals surface area (Å²) >= 11 is 0. The van der Waals surface area contributed by atoms with Crippen molar-refractivity contribution in [1.29, 1.82) is 0 Å². The van der Waals surface area contributed by atoms with Gasteiger partial charge in [0.05, 0.1) is 18.4 Å². The molecule has 6 heteroatoms. The van der Waals surface area contributed by atoms with Crippen molar-refractivity contribution in [3.63, 3.8) is 0 Å². The van der Waals surface area contributed by atoms with Gasteiger partial charge in [0.15, 0.2) is 0 Å². The lowest BCUT2D eigenvalue weighted by Gasteiger charge is -2.12. The molecule has 0 fully saturated rings. The SMILES string of the molecule is COc1cc(CN)ccc1NC(=O)c1cc(F)ccc1O. The minimum atomic E-state index is -0.634. The molecule has 0 spiro atoms. The van der Waals surface area contributed by atoms with Crippen molar-refractivity contribution in [2.75, 3.05) is 12.4 Å². The van der Waals surface area contributed by atoms with Crippen LogP contribution in [0.3, 0.4) is 0 Å². The number of phenols is 1. The Kier molecular flexibility index (Phi) is 4.39. The highest BCUT2D eigenvalue weighted by Gasteiger charge is 2.14. The Morgan fingerprint density at radius 2 is 2.10 bits per heavy atom. The van der Waals surface area contributed by atoms with Crippen LogP contribution >= 0.6 is 0 Å². The van der Waals surface area contributed by atoms with E-state index < -0.39 is 11.7 Å². The third kappa shape index (κ3) is 3.29. The first-order chi connectivity index (χ1) is 10.0. The molecule has 0 aliphatic heterocycles. The standard InChI is InChI=1S/C15H15FN2O3/c1-21-14-6-9(8-17)2-4-12(14)18-15(20)11-7-10(16)3-5-13(11)19/h2-7,19H,8,17H2,1H3,(H,18,20). The quantitative estimate of drug-likeness (QED) is 0.806. The molecule has 2 aromatic carbocycles. The largest absolute Gasteiger partial charge is 0.507 e. The minimum Gasteiger partial charge on any atom is -0.507 e.